The molecule has 72 valence electrons. The summed E-state index contributed by atoms with van der Waals surface area (Å²) in [5.74, 6) is 1.58. The van der Waals surface area contributed by atoms with E-state index in [4.69, 9.17) is 15.2 Å². The van der Waals surface area contributed by atoms with E-state index in [0.717, 1.165) is 11.5 Å². The van der Waals surface area contributed by atoms with E-state index < -0.39 is 0 Å². The summed E-state index contributed by atoms with van der Waals surface area (Å²) in [5, 5.41) is 0. The molecule has 0 spiro atoms. The first-order valence-electron chi connectivity index (χ1n) is 4.25. The average molecular weight is 181 g/mol. The fourth-order valence-electron chi connectivity index (χ4n) is 0.919. The number of hydrogen-bond donors (Lipinski definition) is 1. The molecule has 0 bridgehead atoms. The van der Waals surface area contributed by atoms with E-state index in [-0.39, 0.29) is 6.04 Å². The van der Waals surface area contributed by atoms with E-state index in [9.17, 15) is 0 Å². The zero-order valence-corrected chi connectivity index (χ0v) is 7.99. The molecule has 0 aromatic heterocycles. The summed E-state index contributed by atoms with van der Waals surface area (Å²) in [5.41, 5.74) is 5.55. The summed E-state index contributed by atoms with van der Waals surface area (Å²) < 4.78 is 10.5. The van der Waals surface area contributed by atoms with Crippen LogP contribution in [0.2, 0.25) is 0 Å². The van der Waals surface area contributed by atoms with Crippen molar-refractivity contribution in [2.75, 3.05) is 13.7 Å². The highest BCUT2D eigenvalue weighted by atomic mass is 16.5. The molecule has 0 aliphatic heterocycles. The predicted octanol–water partition coefficient (Wildman–Crippen LogP) is 1.42. The van der Waals surface area contributed by atoms with Gasteiger partial charge in [0.2, 0.25) is 0 Å². The minimum Gasteiger partial charge on any atom is -0.497 e. The first-order chi connectivity index (χ1) is 6.22. The number of hydrogen-bond acceptors (Lipinski definition) is 3. The van der Waals surface area contributed by atoms with Crippen molar-refractivity contribution in [3.8, 4) is 11.5 Å². The molecule has 0 amide bonds. The Hall–Kier alpha value is -1.22. The average Bonchev–Trinajstić information content (AvgIpc) is 2.15. The third-order valence-electron chi connectivity index (χ3n) is 1.55. The van der Waals surface area contributed by atoms with Crippen LogP contribution in [0.3, 0.4) is 0 Å². The predicted molar refractivity (Wildman–Crippen MR) is 52.1 cm³/mol. The molecular weight excluding hydrogens is 166 g/mol. The number of ether oxygens (including phenoxy) is 2. The molecule has 0 aliphatic carbocycles. The smallest absolute Gasteiger partial charge is 0.123 e. The molecule has 0 fully saturated rings. The molecule has 3 nitrogen and oxygen atoms in total. The molecule has 3 heteroatoms. The lowest BCUT2D eigenvalue weighted by Crippen LogP contribution is -2.23. The Kier molecular flexibility index (Phi) is 3.58. The van der Waals surface area contributed by atoms with Crippen LogP contribution in [-0.2, 0) is 0 Å². The number of methoxy groups -OCH3 is 1. The van der Waals surface area contributed by atoms with Crippen molar-refractivity contribution in [1.29, 1.82) is 0 Å². The molecule has 0 saturated carbocycles. The Morgan fingerprint density at radius 2 is 2.08 bits per heavy atom. The van der Waals surface area contributed by atoms with Crippen LogP contribution in [0.1, 0.15) is 6.92 Å². The quantitative estimate of drug-likeness (QED) is 0.764. The summed E-state index contributed by atoms with van der Waals surface area (Å²) >= 11 is 0. The van der Waals surface area contributed by atoms with Crippen LogP contribution in [-0.4, -0.2) is 19.8 Å². The molecule has 1 atom stereocenters. The largest absolute Gasteiger partial charge is 0.497 e. The van der Waals surface area contributed by atoms with Gasteiger partial charge in [-0.3, -0.25) is 0 Å². The van der Waals surface area contributed by atoms with Crippen molar-refractivity contribution in [2.24, 2.45) is 5.73 Å². The van der Waals surface area contributed by atoms with Crippen molar-refractivity contribution in [2.45, 2.75) is 13.0 Å². The molecule has 1 aromatic rings. The highest BCUT2D eigenvalue weighted by molar-refractivity contribution is 5.32. The van der Waals surface area contributed by atoms with Gasteiger partial charge in [0, 0.05) is 12.1 Å². The molecule has 0 saturated heterocycles. The maximum Gasteiger partial charge on any atom is 0.123 e. The second kappa shape index (κ2) is 4.72. The van der Waals surface area contributed by atoms with Gasteiger partial charge in [0.05, 0.1) is 7.11 Å². The van der Waals surface area contributed by atoms with Crippen molar-refractivity contribution in [1.82, 2.24) is 0 Å². The molecular formula is C10H15NO2. The fourth-order valence-corrected chi connectivity index (χ4v) is 0.919. The van der Waals surface area contributed by atoms with E-state index in [0.29, 0.717) is 6.61 Å². The maximum atomic E-state index is 5.55. The van der Waals surface area contributed by atoms with Gasteiger partial charge in [-0.15, -0.1) is 0 Å². The number of rotatable bonds is 4. The molecule has 13 heavy (non-hydrogen) atoms. The number of nitrogens with two attached hydrogens (primary N) is 1. The molecule has 0 radical (unpaired) electrons. The van der Waals surface area contributed by atoms with Crippen LogP contribution in [0.4, 0.5) is 0 Å². The van der Waals surface area contributed by atoms with Crippen molar-refractivity contribution >= 4 is 0 Å². The van der Waals surface area contributed by atoms with Crippen molar-refractivity contribution < 1.29 is 9.47 Å². The van der Waals surface area contributed by atoms with E-state index in [1.165, 1.54) is 0 Å². The lowest BCUT2D eigenvalue weighted by Gasteiger charge is -2.09. The topological polar surface area (TPSA) is 44.5 Å². The molecule has 2 N–H and O–H groups in total. The summed E-state index contributed by atoms with van der Waals surface area (Å²) in [7, 11) is 1.63. The molecule has 1 unspecified atom stereocenters. The summed E-state index contributed by atoms with van der Waals surface area (Å²) in [4.78, 5) is 0. The van der Waals surface area contributed by atoms with Crippen LogP contribution in [0.5, 0.6) is 11.5 Å². The zero-order chi connectivity index (χ0) is 9.68. The Morgan fingerprint density at radius 1 is 1.38 bits per heavy atom. The van der Waals surface area contributed by atoms with E-state index in [1.807, 2.05) is 31.2 Å². The summed E-state index contributed by atoms with van der Waals surface area (Å²) in [6, 6.07) is 7.52. The standard InChI is InChI=1S/C10H15NO2/c1-8(11)7-13-10-5-3-4-9(6-10)12-2/h3-6,8H,7,11H2,1-2H3. The Balaban J connectivity index is 2.56. The van der Waals surface area contributed by atoms with Gasteiger partial charge in [-0.25, -0.2) is 0 Å². The van der Waals surface area contributed by atoms with Gasteiger partial charge in [-0.05, 0) is 19.1 Å². The molecule has 1 rings (SSSR count). The summed E-state index contributed by atoms with van der Waals surface area (Å²) in [6.45, 7) is 2.42. The highest BCUT2D eigenvalue weighted by Crippen LogP contribution is 2.18. The molecule has 0 heterocycles. The van der Waals surface area contributed by atoms with Crippen molar-refractivity contribution in [3.05, 3.63) is 24.3 Å². The van der Waals surface area contributed by atoms with Gasteiger partial charge >= 0.3 is 0 Å². The number of benzene rings is 1. The summed E-state index contributed by atoms with van der Waals surface area (Å²) in [6.07, 6.45) is 0. The monoisotopic (exact) mass is 181 g/mol. The van der Waals surface area contributed by atoms with Gasteiger partial charge in [0.1, 0.15) is 18.1 Å². The van der Waals surface area contributed by atoms with Crippen LogP contribution in [0.25, 0.3) is 0 Å². The van der Waals surface area contributed by atoms with Gasteiger partial charge in [0.25, 0.3) is 0 Å². The third-order valence-corrected chi connectivity index (χ3v) is 1.55. The van der Waals surface area contributed by atoms with Crippen LogP contribution in [0, 0.1) is 0 Å². The normalized spacial score (nSPS) is 12.2. The fraction of sp³-hybridized carbons (Fsp3) is 0.400. The van der Waals surface area contributed by atoms with Crippen molar-refractivity contribution in [3.63, 3.8) is 0 Å². The Labute approximate surface area is 78.5 Å². The van der Waals surface area contributed by atoms with Crippen LogP contribution < -0.4 is 15.2 Å². The van der Waals surface area contributed by atoms with E-state index in [2.05, 4.69) is 0 Å². The minimum atomic E-state index is 0.0474. The van der Waals surface area contributed by atoms with Crippen LogP contribution >= 0.6 is 0 Å². The first kappa shape index (κ1) is 9.86. The second-order valence-electron chi connectivity index (χ2n) is 2.97. The lowest BCUT2D eigenvalue weighted by atomic mass is 10.3. The Morgan fingerprint density at radius 3 is 2.69 bits per heavy atom. The van der Waals surface area contributed by atoms with Gasteiger partial charge < -0.3 is 15.2 Å². The van der Waals surface area contributed by atoms with Gasteiger partial charge in [-0.2, -0.15) is 0 Å². The van der Waals surface area contributed by atoms with Gasteiger partial charge in [-0.1, -0.05) is 6.07 Å². The molecule has 0 aliphatic rings. The third kappa shape index (κ3) is 3.34. The van der Waals surface area contributed by atoms with Gasteiger partial charge in [0.15, 0.2) is 0 Å². The lowest BCUT2D eigenvalue weighted by molar-refractivity contribution is 0.294. The zero-order valence-electron chi connectivity index (χ0n) is 7.99. The highest BCUT2D eigenvalue weighted by Gasteiger charge is 1.98. The maximum absolute atomic E-state index is 5.55. The Bertz CT molecular complexity index is 261. The van der Waals surface area contributed by atoms with E-state index in [1.54, 1.807) is 7.11 Å². The molecule has 1 aromatic carbocycles. The first-order valence-corrected chi connectivity index (χ1v) is 4.25. The SMILES string of the molecule is COc1cccc(OCC(C)N)c1. The minimum absolute atomic E-state index is 0.0474. The van der Waals surface area contributed by atoms with Crippen LogP contribution in [0.15, 0.2) is 24.3 Å². The second-order valence-corrected chi connectivity index (χ2v) is 2.97. The van der Waals surface area contributed by atoms with E-state index >= 15 is 0 Å².